The van der Waals surface area contributed by atoms with Crippen LogP contribution in [0.25, 0.3) is 11.1 Å². The van der Waals surface area contributed by atoms with Crippen LogP contribution < -0.4 is 9.47 Å². The van der Waals surface area contributed by atoms with Crippen LogP contribution >= 0.6 is 0 Å². The lowest BCUT2D eigenvalue weighted by Crippen LogP contribution is -2.05. The van der Waals surface area contributed by atoms with Gasteiger partial charge in [-0.1, -0.05) is 24.3 Å². The molecule has 0 amide bonds. The average Bonchev–Trinajstić information content (AvgIpc) is 2.80. The molecule has 0 saturated heterocycles. The summed E-state index contributed by atoms with van der Waals surface area (Å²) in [6.45, 7) is 9.07. The first-order valence-electron chi connectivity index (χ1n) is 11.1. The Bertz CT molecular complexity index is 876. The molecule has 0 atom stereocenters. The van der Waals surface area contributed by atoms with E-state index in [0.29, 0.717) is 26.4 Å². The van der Waals surface area contributed by atoms with E-state index in [2.05, 4.69) is 0 Å². The molecule has 0 aliphatic rings. The van der Waals surface area contributed by atoms with Crippen LogP contribution in [-0.4, -0.2) is 38.4 Å². The van der Waals surface area contributed by atoms with Crippen molar-refractivity contribution >= 4 is 23.1 Å². The summed E-state index contributed by atoms with van der Waals surface area (Å²) >= 11 is 0. The van der Waals surface area contributed by atoms with Gasteiger partial charge in [0.15, 0.2) is 0 Å². The van der Waals surface area contributed by atoms with E-state index in [1.807, 2.05) is 62.4 Å². The summed E-state index contributed by atoms with van der Waals surface area (Å²) in [5.41, 5.74) is 3.56. The van der Waals surface area contributed by atoms with Crippen molar-refractivity contribution in [2.24, 2.45) is 0 Å². The largest absolute Gasteiger partial charge is 0.493 e. The molecule has 2 aromatic carbocycles. The molecule has 0 radical (unpaired) electrons. The minimum atomic E-state index is -0.340. The van der Waals surface area contributed by atoms with Crippen molar-refractivity contribution in [1.29, 1.82) is 0 Å². The number of allylic oxidation sites excluding steroid dienone is 2. The van der Waals surface area contributed by atoms with E-state index in [1.165, 1.54) is 12.2 Å². The zero-order valence-corrected chi connectivity index (χ0v) is 19.8. The molecule has 33 heavy (non-hydrogen) atoms. The summed E-state index contributed by atoms with van der Waals surface area (Å²) in [7, 11) is 0. The fourth-order valence-corrected chi connectivity index (χ4v) is 2.96. The first-order chi connectivity index (χ1) is 15.9. The molecule has 176 valence electrons. The van der Waals surface area contributed by atoms with Crippen LogP contribution in [0.5, 0.6) is 11.5 Å². The van der Waals surface area contributed by atoms with Crippen molar-refractivity contribution < 1.29 is 28.5 Å². The molecule has 6 nitrogen and oxygen atoms in total. The van der Waals surface area contributed by atoms with Crippen molar-refractivity contribution in [2.45, 2.75) is 34.1 Å². The van der Waals surface area contributed by atoms with E-state index in [1.54, 1.807) is 13.8 Å². The number of ether oxygens (including phenoxy) is 4. The van der Waals surface area contributed by atoms with E-state index in [4.69, 9.17) is 18.9 Å². The molecule has 2 aromatic rings. The molecule has 0 aliphatic heterocycles. The second-order valence-corrected chi connectivity index (χ2v) is 7.26. The molecular formula is C27H32O6. The van der Waals surface area contributed by atoms with Crippen LogP contribution in [0.1, 0.15) is 45.2 Å². The van der Waals surface area contributed by atoms with E-state index < -0.39 is 0 Å². The molecule has 6 heteroatoms. The van der Waals surface area contributed by atoms with Gasteiger partial charge in [0, 0.05) is 18.6 Å². The van der Waals surface area contributed by atoms with Gasteiger partial charge in [-0.05, 0) is 74.2 Å². The summed E-state index contributed by atoms with van der Waals surface area (Å²) < 4.78 is 21.4. The lowest BCUT2D eigenvalue weighted by Gasteiger charge is -2.10. The van der Waals surface area contributed by atoms with Crippen LogP contribution in [0.15, 0.2) is 60.7 Å². The molecule has 0 unspecified atom stereocenters. The predicted octanol–water partition coefficient (Wildman–Crippen LogP) is 5.47. The maximum atomic E-state index is 11.6. The van der Waals surface area contributed by atoms with Crippen molar-refractivity contribution in [3.8, 4) is 11.5 Å². The zero-order chi connectivity index (χ0) is 24.1. The Balaban J connectivity index is 1.74. The number of esters is 2. The highest BCUT2D eigenvalue weighted by atomic mass is 16.5. The zero-order valence-electron chi connectivity index (χ0n) is 19.8. The molecule has 0 N–H and O–H groups in total. The van der Waals surface area contributed by atoms with Gasteiger partial charge < -0.3 is 18.9 Å². The Labute approximate surface area is 195 Å². The van der Waals surface area contributed by atoms with Crippen molar-refractivity contribution in [3.63, 3.8) is 0 Å². The van der Waals surface area contributed by atoms with E-state index in [0.717, 1.165) is 40.2 Å². The maximum Gasteiger partial charge on any atom is 0.331 e. The summed E-state index contributed by atoms with van der Waals surface area (Å²) in [5.74, 6) is 0.841. The van der Waals surface area contributed by atoms with Gasteiger partial charge in [0.25, 0.3) is 0 Å². The highest BCUT2D eigenvalue weighted by molar-refractivity contribution is 5.91. The van der Waals surface area contributed by atoms with Gasteiger partial charge in [-0.3, -0.25) is 0 Å². The van der Waals surface area contributed by atoms with Crippen LogP contribution in [0, 0.1) is 0 Å². The van der Waals surface area contributed by atoms with Gasteiger partial charge in [-0.25, -0.2) is 9.59 Å². The Hall–Kier alpha value is -3.54. The van der Waals surface area contributed by atoms with Crippen LogP contribution in [0.2, 0.25) is 0 Å². The third-order valence-electron chi connectivity index (χ3n) is 4.69. The number of rotatable bonds is 12. The fraction of sp³-hybridized carbons (Fsp3) is 0.333. The van der Waals surface area contributed by atoms with Gasteiger partial charge in [0.2, 0.25) is 0 Å². The van der Waals surface area contributed by atoms with Crippen LogP contribution in [0.3, 0.4) is 0 Å². The number of hydrogen-bond donors (Lipinski definition) is 0. The normalized spacial score (nSPS) is 11.6. The minimum absolute atomic E-state index is 0.340. The lowest BCUT2D eigenvalue weighted by atomic mass is 10.1. The van der Waals surface area contributed by atoms with Gasteiger partial charge in [0.1, 0.15) is 11.5 Å². The van der Waals surface area contributed by atoms with Gasteiger partial charge in [-0.2, -0.15) is 0 Å². The molecule has 0 aliphatic carbocycles. The highest BCUT2D eigenvalue weighted by Crippen LogP contribution is 2.20. The first-order valence-corrected chi connectivity index (χ1v) is 11.1. The fourth-order valence-electron chi connectivity index (χ4n) is 2.96. The monoisotopic (exact) mass is 452 g/mol. The summed E-state index contributed by atoms with van der Waals surface area (Å²) in [4.78, 5) is 23.1. The lowest BCUT2D eigenvalue weighted by molar-refractivity contribution is -0.138. The van der Waals surface area contributed by atoms with Crippen molar-refractivity contribution in [3.05, 3.63) is 71.8 Å². The van der Waals surface area contributed by atoms with Crippen molar-refractivity contribution in [2.75, 3.05) is 26.4 Å². The maximum absolute atomic E-state index is 11.6. The van der Waals surface area contributed by atoms with Crippen molar-refractivity contribution in [1.82, 2.24) is 0 Å². The second kappa shape index (κ2) is 13.8. The smallest absolute Gasteiger partial charge is 0.331 e. The third kappa shape index (κ3) is 9.23. The number of carbonyl (C=O) groups excluding carboxylic acids is 2. The Kier molecular flexibility index (Phi) is 10.7. The Morgan fingerprint density at radius 2 is 1.03 bits per heavy atom. The summed E-state index contributed by atoms with van der Waals surface area (Å²) in [5, 5.41) is 0. The van der Waals surface area contributed by atoms with E-state index in [9.17, 15) is 9.59 Å². The Morgan fingerprint density at radius 3 is 1.36 bits per heavy atom. The van der Waals surface area contributed by atoms with E-state index in [-0.39, 0.29) is 11.9 Å². The predicted molar refractivity (Wildman–Crippen MR) is 129 cm³/mol. The number of hydrogen-bond acceptors (Lipinski definition) is 6. The number of benzene rings is 2. The summed E-state index contributed by atoms with van der Waals surface area (Å²) in [6.07, 6.45) is 3.70. The average molecular weight is 453 g/mol. The third-order valence-corrected chi connectivity index (χ3v) is 4.69. The molecule has 0 spiro atoms. The van der Waals surface area contributed by atoms with E-state index >= 15 is 0 Å². The number of carbonyl (C=O) groups is 2. The topological polar surface area (TPSA) is 71.1 Å². The molecular weight excluding hydrogens is 420 g/mol. The van der Waals surface area contributed by atoms with Gasteiger partial charge >= 0.3 is 11.9 Å². The standard InChI is InChI=1S/C27H32O6/c1-5-30-26(28)18-20(3)22-8-12-24(13-9-22)32-16-7-17-33-25-14-10-23(11-15-25)21(4)19-27(29)31-6-2/h8-15,18-19H,5-7,16-17H2,1-4H3/b20-18+,21-19+. The minimum Gasteiger partial charge on any atom is -0.493 e. The molecule has 0 saturated carbocycles. The van der Waals surface area contributed by atoms with Gasteiger partial charge in [-0.15, -0.1) is 0 Å². The SMILES string of the molecule is CCOC(=O)/C=C(\C)c1ccc(OCCCOc2ccc(/C(C)=C/C(=O)OCC)cc2)cc1. The molecule has 0 fully saturated rings. The first kappa shape index (κ1) is 25.7. The van der Waals surface area contributed by atoms with Gasteiger partial charge in [0.05, 0.1) is 26.4 Å². The highest BCUT2D eigenvalue weighted by Gasteiger charge is 2.04. The summed E-state index contributed by atoms with van der Waals surface area (Å²) in [6, 6.07) is 15.2. The van der Waals surface area contributed by atoms with Crippen LogP contribution in [-0.2, 0) is 19.1 Å². The molecule has 0 heterocycles. The van der Waals surface area contributed by atoms with Crippen LogP contribution in [0.4, 0.5) is 0 Å². The quantitative estimate of drug-likeness (QED) is 0.242. The molecule has 0 bridgehead atoms. The second-order valence-electron chi connectivity index (χ2n) is 7.26. The molecule has 0 aromatic heterocycles. The Morgan fingerprint density at radius 1 is 0.667 bits per heavy atom. The molecule has 2 rings (SSSR count).